The molecule has 6 nitrogen and oxygen atoms in total. The number of amides is 2. The van der Waals surface area contributed by atoms with E-state index in [9.17, 15) is 9.59 Å². The number of hydrogen-bond donors (Lipinski definition) is 1. The van der Waals surface area contributed by atoms with E-state index >= 15 is 0 Å². The van der Waals surface area contributed by atoms with Crippen LogP contribution in [0.1, 0.15) is 18.4 Å². The third kappa shape index (κ3) is 2.94. The van der Waals surface area contributed by atoms with E-state index in [2.05, 4.69) is 0 Å². The van der Waals surface area contributed by atoms with E-state index in [-0.39, 0.29) is 24.5 Å². The number of piperidine rings is 1. The number of nitrogens with two attached hydrogens (primary N) is 1. The minimum Gasteiger partial charge on any atom is -0.454 e. The number of hydrogen-bond acceptors (Lipinski definition) is 4. The highest BCUT2D eigenvalue weighted by molar-refractivity contribution is 5.81. The van der Waals surface area contributed by atoms with Gasteiger partial charge in [-0.25, -0.2) is 0 Å². The Morgan fingerprint density at radius 2 is 2.10 bits per heavy atom. The molecule has 1 saturated heterocycles. The molecule has 2 aliphatic rings. The van der Waals surface area contributed by atoms with Crippen LogP contribution < -0.4 is 15.2 Å². The number of primary amides is 1. The summed E-state index contributed by atoms with van der Waals surface area (Å²) in [5.74, 6) is 0.849. The van der Waals surface area contributed by atoms with E-state index < -0.39 is 0 Å². The van der Waals surface area contributed by atoms with Crippen molar-refractivity contribution in [2.45, 2.75) is 19.3 Å². The summed E-state index contributed by atoms with van der Waals surface area (Å²) < 4.78 is 10.6. The summed E-state index contributed by atoms with van der Waals surface area (Å²) in [5, 5.41) is 0. The van der Waals surface area contributed by atoms with Crippen LogP contribution in [0.5, 0.6) is 11.5 Å². The van der Waals surface area contributed by atoms with Crippen LogP contribution in [0.4, 0.5) is 0 Å². The Morgan fingerprint density at radius 3 is 2.90 bits per heavy atom. The summed E-state index contributed by atoms with van der Waals surface area (Å²) >= 11 is 0. The normalized spacial score (nSPS) is 20.4. The smallest absolute Gasteiger partial charge is 0.231 e. The van der Waals surface area contributed by atoms with Gasteiger partial charge in [0.15, 0.2) is 11.5 Å². The second kappa shape index (κ2) is 5.63. The highest BCUT2D eigenvalue weighted by Crippen LogP contribution is 2.32. The zero-order valence-electron chi connectivity index (χ0n) is 11.7. The number of carbonyl (C=O) groups is 2. The minimum absolute atomic E-state index is 0.0137. The number of carbonyl (C=O) groups excluding carboxylic acids is 2. The molecule has 0 saturated carbocycles. The molecule has 1 fully saturated rings. The zero-order chi connectivity index (χ0) is 14.8. The van der Waals surface area contributed by atoms with Gasteiger partial charge in [0.1, 0.15) is 0 Å². The quantitative estimate of drug-likeness (QED) is 0.887. The number of rotatable bonds is 3. The van der Waals surface area contributed by atoms with E-state index in [1.54, 1.807) is 4.90 Å². The van der Waals surface area contributed by atoms with E-state index in [0.29, 0.717) is 31.0 Å². The average Bonchev–Trinajstić information content (AvgIpc) is 2.95. The van der Waals surface area contributed by atoms with E-state index in [4.69, 9.17) is 15.2 Å². The maximum atomic E-state index is 12.3. The first kappa shape index (κ1) is 13.7. The molecule has 2 aliphatic heterocycles. The van der Waals surface area contributed by atoms with Crippen molar-refractivity contribution in [3.8, 4) is 11.5 Å². The first-order chi connectivity index (χ1) is 10.1. The highest BCUT2D eigenvalue weighted by atomic mass is 16.7. The molecule has 3 rings (SSSR count). The van der Waals surface area contributed by atoms with Crippen molar-refractivity contribution in [1.82, 2.24) is 4.90 Å². The lowest BCUT2D eigenvalue weighted by atomic mass is 9.97. The van der Waals surface area contributed by atoms with Crippen molar-refractivity contribution in [3.63, 3.8) is 0 Å². The van der Waals surface area contributed by atoms with Gasteiger partial charge in [0, 0.05) is 13.1 Å². The Bertz CT molecular complexity index is 573. The van der Waals surface area contributed by atoms with Gasteiger partial charge in [0.05, 0.1) is 12.3 Å². The van der Waals surface area contributed by atoms with E-state index in [0.717, 1.165) is 18.4 Å². The van der Waals surface area contributed by atoms with Crippen molar-refractivity contribution in [2.75, 3.05) is 19.9 Å². The van der Waals surface area contributed by atoms with Gasteiger partial charge in [-0.3, -0.25) is 9.59 Å². The maximum absolute atomic E-state index is 12.3. The van der Waals surface area contributed by atoms with Gasteiger partial charge in [0.25, 0.3) is 0 Å². The number of likely N-dealkylation sites (tertiary alicyclic amines) is 1. The summed E-state index contributed by atoms with van der Waals surface area (Å²) in [5.41, 5.74) is 6.22. The Kier molecular flexibility index (Phi) is 3.68. The molecular formula is C15H18N2O4. The zero-order valence-corrected chi connectivity index (χ0v) is 11.7. The molecule has 0 aromatic heterocycles. The lowest BCUT2D eigenvalue weighted by Gasteiger charge is -2.31. The molecule has 6 heteroatoms. The number of ether oxygens (including phenoxy) is 2. The van der Waals surface area contributed by atoms with Crippen LogP contribution in [0.3, 0.4) is 0 Å². The summed E-state index contributed by atoms with van der Waals surface area (Å²) in [6.45, 7) is 1.34. The van der Waals surface area contributed by atoms with Crippen molar-refractivity contribution >= 4 is 11.8 Å². The van der Waals surface area contributed by atoms with Crippen molar-refractivity contribution < 1.29 is 19.1 Å². The largest absolute Gasteiger partial charge is 0.454 e. The number of fused-ring (bicyclic) bond motifs is 1. The SMILES string of the molecule is NC(=O)[C@H]1CCCN(C(=O)Cc2ccc3c(c2)OCO3)C1. The molecule has 0 bridgehead atoms. The van der Waals surface area contributed by atoms with Crippen LogP contribution >= 0.6 is 0 Å². The third-order valence-electron chi connectivity index (χ3n) is 3.97. The van der Waals surface area contributed by atoms with Crippen LogP contribution in [0.2, 0.25) is 0 Å². The number of benzene rings is 1. The molecule has 2 heterocycles. The van der Waals surface area contributed by atoms with Crippen molar-refractivity contribution in [3.05, 3.63) is 23.8 Å². The minimum atomic E-state index is -0.324. The number of nitrogens with zero attached hydrogens (tertiary/aromatic N) is 1. The average molecular weight is 290 g/mol. The van der Waals surface area contributed by atoms with E-state index in [1.165, 1.54) is 0 Å². The van der Waals surface area contributed by atoms with Crippen LogP contribution in [0.15, 0.2) is 18.2 Å². The topological polar surface area (TPSA) is 81.9 Å². The highest BCUT2D eigenvalue weighted by Gasteiger charge is 2.27. The second-order valence-electron chi connectivity index (χ2n) is 5.45. The standard InChI is InChI=1S/C15H18N2O4/c16-15(19)11-2-1-5-17(8-11)14(18)7-10-3-4-12-13(6-10)21-9-20-12/h3-4,6,11H,1-2,5,7-9H2,(H2,16,19)/t11-/m0/s1. The Labute approximate surface area is 122 Å². The molecule has 0 unspecified atom stereocenters. The molecule has 21 heavy (non-hydrogen) atoms. The van der Waals surface area contributed by atoms with Gasteiger partial charge in [-0.2, -0.15) is 0 Å². The molecule has 0 aliphatic carbocycles. The van der Waals surface area contributed by atoms with Crippen LogP contribution in [0, 0.1) is 5.92 Å². The molecular weight excluding hydrogens is 272 g/mol. The fourth-order valence-electron chi connectivity index (χ4n) is 2.77. The summed E-state index contributed by atoms with van der Waals surface area (Å²) in [6, 6.07) is 5.50. The van der Waals surface area contributed by atoms with Gasteiger partial charge in [-0.05, 0) is 30.5 Å². The lowest BCUT2D eigenvalue weighted by Crippen LogP contribution is -2.44. The van der Waals surface area contributed by atoms with Gasteiger partial charge < -0.3 is 20.1 Å². The molecule has 1 aromatic carbocycles. The molecule has 2 amide bonds. The first-order valence-electron chi connectivity index (χ1n) is 7.09. The van der Waals surface area contributed by atoms with Gasteiger partial charge in [-0.1, -0.05) is 6.07 Å². The monoisotopic (exact) mass is 290 g/mol. The van der Waals surface area contributed by atoms with Crippen molar-refractivity contribution in [2.24, 2.45) is 11.7 Å². The summed E-state index contributed by atoms with van der Waals surface area (Å²) in [6.07, 6.45) is 1.88. The Hall–Kier alpha value is -2.24. The van der Waals surface area contributed by atoms with Crippen LogP contribution in [0.25, 0.3) is 0 Å². The van der Waals surface area contributed by atoms with Crippen LogP contribution in [-0.4, -0.2) is 36.6 Å². The van der Waals surface area contributed by atoms with E-state index in [1.807, 2.05) is 18.2 Å². The second-order valence-corrected chi connectivity index (χ2v) is 5.45. The third-order valence-corrected chi connectivity index (χ3v) is 3.97. The van der Waals surface area contributed by atoms with Gasteiger partial charge >= 0.3 is 0 Å². The van der Waals surface area contributed by atoms with Gasteiger partial charge in [-0.15, -0.1) is 0 Å². The molecule has 112 valence electrons. The fraction of sp³-hybridized carbons (Fsp3) is 0.467. The van der Waals surface area contributed by atoms with Crippen molar-refractivity contribution in [1.29, 1.82) is 0 Å². The lowest BCUT2D eigenvalue weighted by molar-refractivity contribution is -0.134. The molecule has 0 spiro atoms. The fourth-order valence-corrected chi connectivity index (χ4v) is 2.77. The maximum Gasteiger partial charge on any atom is 0.231 e. The molecule has 2 N–H and O–H groups in total. The predicted molar refractivity (Wildman–Crippen MR) is 74.8 cm³/mol. The Balaban J connectivity index is 1.64. The summed E-state index contributed by atoms with van der Waals surface area (Å²) in [4.78, 5) is 25.3. The first-order valence-corrected chi connectivity index (χ1v) is 7.09. The Morgan fingerprint density at radius 1 is 1.29 bits per heavy atom. The molecule has 1 aromatic rings. The molecule has 1 atom stereocenters. The molecule has 0 radical (unpaired) electrons. The van der Waals surface area contributed by atoms with Crippen LogP contribution in [-0.2, 0) is 16.0 Å². The van der Waals surface area contributed by atoms with Gasteiger partial charge in [0.2, 0.25) is 18.6 Å². The summed E-state index contributed by atoms with van der Waals surface area (Å²) in [7, 11) is 0. The predicted octanol–water partition coefficient (Wildman–Crippen LogP) is 0.682.